The van der Waals surface area contributed by atoms with Crippen LogP contribution in [-0.4, -0.2) is 70.8 Å². The first-order valence-corrected chi connectivity index (χ1v) is 14.7. The molecule has 230 valence electrons. The Balaban J connectivity index is 1.34. The van der Waals surface area contributed by atoms with Gasteiger partial charge >= 0.3 is 0 Å². The zero-order valence-electron chi connectivity index (χ0n) is 25.3. The topological polar surface area (TPSA) is 133 Å². The van der Waals surface area contributed by atoms with Gasteiger partial charge in [0.05, 0.1) is 31.1 Å². The SMILES string of the molecule is Cc1[nH]c(=O)c(Nc2ccc(C(=O)N3CCOCC3)cn2)cc1-c1cccc(-n2ccc3cc(N(C)C)ccc3c2=O)c1CO. The van der Waals surface area contributed by atoms with Crippen LogP contribution in [0.1, 0.15) is 21.6 Å². The zero-order chi connectivity index (χ0) is 31.7. The molecule has 5 aromatic rings. The largest absolute Gasteiger partial charge is 0.392 e. The van der Waals surface area contributed by atoms with Crippen molar-refractivity contribution in [1.82, 2.24) is 19.4 Å². The second kappa shape index (κ2) is 12.4. The van der Waals surface area contributed by atoms with Crippen LogP contribution in [0, 0.1) is 6.92 Å². The first-order chi connectivity index (χ1) is 21.7. The van der Waals surface area contributed by atoms with Crippen LogP contribution < -0.4 is 21.3 Å². The lowest BCUT2D eigenvalue weighted by atomic mass is 9.96. The Bertz CT molecular complexity index is 2010. The van der Waals surface area contributed by atoms with Crippen molar-refractivity contribution in [2.75, 3.05) is 50.6 Å². The normalized spacial score (nSPS) is 13.2. The average Bonchev–Trinajstić information content (AvgIpc) is 3.06. The van der Waals surface area contributed by atoms with Crippen molar-refractivity contribution in [2.24, 2.45) is 0 Å². The summed E-state index contributed by atoms with van der Waals surface area (Å²) in [5.74, 6) is 0.276. The van der Waals surface area contributed by atoms with Gasteiger partial charge in [0.25, 0.3) is 17.0 Å². The fourth-order valence-corrected chi connectivity index (χ4v) is 5.60. The Hall–Kier alpha value is -5.26. The van der Waals surface area contributed by atoms with E-state index in [9.17, 15) is 19.5 Å². The molecule has 0 saturated carbocycles. The van der Waals surface area contributed by atoms with Crippen LogP contribution in [0.2, 0.25) is 0 Å². The van der Waals surface area contributed by atoms with Gasteiger partial charge in [-0.3, -0.25) is 19.0 Å². The fourth-order valence-electron chi connectivity index (χ4n) is 5.60. The van der Waals surface area contributed by atoms with Gasteiger partial charge in [-0.05, 0) is 66.4 Å². The van der Waals surface area contributed by atoms with Gasteiger partial charge in [-0.1, -0.05) is 12.1 Å². The lowest BCUT2D eigenvalue weighted by Gasteiger charge is -2.26. The van der Waals surface area contributed by atoms with E-state index in [4.69, 9.17) is 4.74 Å². The number of H-pyrrole nitrogens is 1. The van der Waals surface area contributed by atoms with E-state index in [1.165, 1.54) is 10.8 Å². The Morgan fingerprint density at radius 3 is 2.56 bits per heavy atom. The summed E-state index contributed by atoms with van der Waals surface area (Å²) in [6.07, 6.45) is 3.20. The molecule has 1 aliphatic heterocycles. The maximum absolute atomic E-state index is 13.6. The van der Waals surface area contributed by atoms with Gasteiger partial charge in [-0.2, -0.15) is 0 Å². The Kier molecular flexibility index (Phi) is 8.20. The highest BCUT2D eigenvalue weighted by Gasteiger charge is 2.20. The number of aromatic amines is 1. The third kappa shape index (κ3) is 5.83. The number of hydrogen-bond acceptors (Lipinski definition) is 8. The molecule has 11 nitrogen and oxygen atoms in total. The van der Waals surface area contributed by atoms with Crippen LogP contribution in [0.4, 0.5) is 17.2 Å². The molecular formula is C34H34N6O5. The highest BCUT2D eigenvalue weighted by Crippen LogP contribution is 2.31. The lowest BCUT2D eigenvalue weighted by Crippen LogP contribution is -2.40. The van der Waals surface area contributed by atoms with Crippen LogP contribution in [0.25, 0.3) is 27.6 Å². The highest BCUT2D eigenvalue weighted by molar-refractivity contribution is 5.94. The lowest BCUT2D eigenvalue weighted by molar-refractivity contribution is 0.0302. The molecule has 0 atom stereocenters. The summed E-state index contributed by atoms with van der Waals surface area (Å²) in [6.45, 7) is 3.53. The molecule has 0 unspecified atom stereocenters. The van der Waals surface area contributed by atoms with E-state index in [1.54, 1.807) is 42.3 Å². The molecule has 6 rings (SSSR count). The Morgan fingerprint density at radius 1 is 1.04 bits per heavy atom. The number of aryl methyl sites for hydroxylation is 1. The standard InChI is InChI=1S/C34H34N6O5/c1-21-27(18-29(32(42)36-21)37-31-10-7-23(19-35-31)33(43)39-13-15-45-16-14-39)26-5-4-6-30(28(26)20-41)40-12-11-22-17-24(38(2)3)8-9-25(22)34(40)44/h4-12,17-19,41H,13-16,20H2,1-3H3,(H,35,37)(H,36,42). The Labute approximate surface area is 259 Å². The summed E-state index contributed by atoms with van der Waals surface area (Å²) >= 11 is 0. The number of morpholine rings is 1. The molecule has 1 amide bonds. The summed E-state index contributed by atoms with van der Waals surface area (Å²) in [5.41, 5.74) is 4.14. The number of ether oxygens (including phenoxy) is 1. The van der Waals surface area contributed by atoms with Crippen molar-refractivity contribution in [3.63, 3.8) is 0 Å². The minimum Gasteiger partial charge on any atom is -0.392 e. The summed E-state index contributed by atoms with van der Waals surface area (Å²) in [4.78, 5) is 50.3. The van der Waals surface area contributed by atoms with Crippen molar-refractivity contribution < 1.29 is 14.6 Å². The van der Waals surface area contributed by atoms with Crippen molar-refractivity contribution in [2.45, 2.75) is 13.5 Å². The summed E-state index contributed by atoms with van der Waals surface area (Å²) < 4.78 is 6.86. The van der Waals surface area contributed by atoms with Crippen molar-refractivity contribution in [1.29, 1.82) is 0 Å². The average molecular weight is 607 g/mol. The molecule has 0 bridgehead atoms. The van der Waals surface area contributed by atoms with E-state index in [-0.39, 0.29) is 29.3 Å². The summed E-state index contributed by atoms with van der Waals surface area (Å²) in [6, 6.07) is 18.1. The molecule has 11 heteroatoms. The van der Waals surface area contributed by atoms with Gasteiger partial charge < -0.3 is 29.9 Å². The van der Waals surface area contributed by atoms with E-state index in [0.29, 0.717) is 71.1 Å². The van der Waals surface area contributed by atoms with E-state index in [2.05, 4.69) is 15.3 Å². The number of nitrogens with one attached hydrogen (secondary N) is 2. The molecule has 0 spiro atoms. The van der Waals surface area contributed by atoms with E-state index >= 15 is 0 Å². The number of nitrogens with zero attached hydrogens (tertiary/aromatic N) is 4. The number of rotatable bonds is 7. The fraction of sp³-hybridized carbons (Fsp3) is 0.235. The number of aliphatic hydroxyl groups is 1. The molecule has 1 aliphatic rings. The number of carbonyl (C=O) groups excluding carboxylic acids is 1. The van der Waals surface area contributed by atoms with Gasteiger partial charge in [0, 0.05) is 67.5 Å². The third-order valence-corrected chi connectivity index (χ3v) is 8.07. The predicted octanol–water partition coefficient (Wildman–Crippen LogP) is 3.82. The van der Waals surface area contributed by atoms with Crippen molar-refractivity contribution >= 4 is 33.9 Å². The maximum Gasteiger partial charge on any atom is 0.271 e. The summed E-state index contributed by atoms with van der Waals surface area (Å²) in [7, 11) is 3.90. The predicted molar refractivity (Wildman–Crippen MR) is 175 cm³/mol. The van der Waals surface area contributed by atoms with Crippen LogP contribution in [0.5, 0.6) is 0 Å². The van der Waals surface area contributed by atoms with Crippen LogP contribution in [0.3, 0.4) is 0 Å². The van der Waals surface area contributed by atoms with Crippen molar-refractivity contribution in [3.8, 4) is 16.8 Å². The van der Waals surface area contributed by atoms with Crippen LogP contribution >= 0.6 is 0 Å². The van der Waals surface area contributed by atoms with E-state index in [1.807, 2.05) is 55.4 Å². The molecule has 3 N–H and O–H groups in total. The van der Waals surface area contributed by atoms with E-state index < -0.39 is 0 Å². The van der Waals surface area contributed by atoms with Gasteiger partial charge in [0.15, 0.2) is 0 Å². The number of pyridine rings is 3. The van der Waals surface area contributed by atoms with Crippen LogP contribution in [0.15, 0.2) is 82.6 Å². The number of carbonyl (C=O) groups is 1. The molecule has 3 aromatic heterocycles. The van der Waals surface area contributed by atoms with Gasteiger partial charge in [0.2, 0.25) is 0 Å². The first kappa shape index (κ1) is 29.8. The maximum atomic E-state index is 13.6. The van der Waals surface area contributed by atoms with Gasteiger partial charge in [-0.15, -0.1) is 0 Å². The molecule has 45 heavy (non-hydrogen) atoms. The number of benzene rings is 2. The Morgan fingerprint density at radius 2 is 1.84 bits per heavy atom. The number of amides is 1. The smallest absolute Gasteiger partial charge is 0.271 e. The monoisotopic (exact) mass is 606 g/mol. The van der Waals surface area contributed by atoms with E-state index in [0.717, 1.165) is 11.1 Å². The minimum atomic E-state index is -0.351. The first-order valence-electron chi connectivity index (χ1n) is 14.7. The number of hydrogen-bond donors (Lipinski definition) is 3. The number of aliphatic hydroxyl groups excluding tert-OH is 1. The molecule has 1 fully saturated rings. The molecule has 1 saturated heterocycles. The molecule has 0 radical (unpaired) electrons. The molecule has 2 aromatic carbocycles. The molecular weight excluding hydrogens is 572 g/mol. The molecule has 4 heterocycles. The second-order valence-electron chi connectivity index (χ2n) is 11.1. The second-order valence-corrected chi connectivity index (χ2v) is 11.1. The summed E-state index contributed by atoms with van der Waals surface area (Å²) in [5, 5.41) is 15.0. The molecule has 0 aliphatic carbocycles. The third-order valence-electron chi connectivity index (χ3n) is 8.07. The minimum absolute atomic E-state index is 0.118. The van der Waals surface area contributed by atoms with Crippen LogP contribution in [-0.2, 0) is 11.3 Å². The van der Waals surface area contributed by atoms with Gasteiger partial charge in [-0.25, -0.2) is 4.98 Å². The zero-order valence-corrected chi connectivity index (χ0v) is 25.3. The van der Waals surface area contributed by atoms with Crippen molar-refractivity contribution in [3.05, 3.63) is 111 Å². The number of anilines is 3. The van der Waals surface area contributed by atoms with Gasteiger partial charge in [0.1, 0.15) is 11.5 Å². The quantitative estimate of drug-likeness (QED) is 0.255. The number of aromatic nitrogens is 3. The highest BCUT2D eigenvalue weighted by atomic mass is 16.5. The number of fused-ring (bicyclic) bond motifs is 1.